The van der Waals surface area contributed by atoms with Crippen LogP contribution < -0.4 is 0 Å². The van der Waals surface area contributed by atoms with E-state index in [9.17, 15) is 24.9 Å². The first-order valence-corrected chi connectivity index (χ1v) is 8.62. The number of imide groups is 1. The lowest BCUT2D eigenvalue weighted by molar-refractivity contribution is -0.131. The Hall–Kier alpha value is -1.57. The first kappa shape index (κ1) is 18.2. The highest BCUT2D eigenvalue weighted by Gasteiger charge is 2.48. The molecule has 1 saturated carbocycles. The van der Waals surface area contributed by atoms with Crippen LogP contribution in [0.25, 0.3) is 11.2 Å². The summed E-state index contributed by atoms with van der Waals surface area (Å²) in [6.07, 6.45) is -2.82. The standard InChI is InChI=1S/C13H13ClIN5O5/c1-4(21)20(13(24)25)6-2-5(8(22)9(6)23)19-3-16-7-10(14)17-12(15)18-11(7)19/h3,5-6,8-9,22-23H,2H2,1H3,(H,24,25)/t5-,6+,8+,9-/m1/s1. The number of aliphatic hydroxyl groups excluding tert-OH is 2. The fourth-order valence-electron chi connectivity index (χ4n) is 3.13. The molecular formula is C13H13ClIN5O5. The molecule has 0 aromatic carbocycles. The van der Waals surface area contributed by atoms with Gasteiger partial charge in [-0.05, 0) is 6.42 Å². The minimum Gasteiger partial charge on any atom is -0.465 e. The number of hydrogen-bond donors (Lipinski definition) is 3. The average molecular weight is 482 g/mol. The SMILES string of the molecule is CC(=O)N(C(=O)O)[C@H]1C[C@@H](n2cnc3c(Cl)nc(I)nc32)[C@H](O)[C@@H]1O. The van der Waals surface area contributed by atoms with Crippen LogP contribution in [0.15, 0.2) is 6.33 Å². The maximum absolute atomic E-state index is 11.6. The third-order valence-electron chi connectivity index (χ3n) is 4.21. The molecule has 4 atom stereocenters. The lowest BCUT2D eigenvalue weighted by Crippen LogP contribution is -2.48. The summed E-state index contributed by atoms with van der Waals surface area (Å²) in [5, 5.41) is 30.0. The number of rotatable bonds is 2. The summed E-state index contributed by atoms with van der Waals surface area (Å²) < 4.78 is 1.89. The van der Waals surface area contributed by atoms with Crippen molar-refractivity contribution in [3.05, 3.63) is 15.3 Å². The van der Waals surface area contributed by atoms with Gasteiger partial charge in [0.1, 0.15) is 17.7 Å². The molecule has 0 radical (unpaired) electrons. The Morgan fingerprint density at radius 2 is 2.04 bits per heavy atom. The fraction of sp³-hybridized carbons (Fsp3) is 0.462. The van der Waals surface area contributed by atoms with E-state index in [0.717, 1.165) is 6.92 Å². The molecule has 2 aromatic rings. The van der Waals surface area contributed by atoms with Crippen molar-refractivity contribution in [2.75, 3.05) is 0 Å². The number of fused-ring (bicyclic) bond motifs is 1. The Morgan fingerprint density at radius 3 is 2.64 bits per heavy atom. The van der Waals surface area contributed by atoms with Gasteiger partial charge in [-0.1, -0.05) is 11.6 Å². The van der Waals surface area contributed by atoms with Gasteiger partial charge in [-0.2, -0.15) is 0 Å². The van der Waals surface area contributed by atoms with E-state index < -0.39 is 36.3 Å². The number of carboxylic acid groups (broad SMARTS) is 1. The number of carbonyl (C=O) groups excluding carboxylic acids is 1. The molecular weight excluding hydrogens is 469 g/mol. The lowest BCUT2D eigenvalue weighted by Gasteiger charge is -2.25. The number of aliphatic hydroxyl groups is 2. The average Bonchev–Trinajstić information content (AvgIpc) is 3.03. The van der Waals surface area contributed by atoms with Gasteiger partial charge in [0.25, 0.3) is 0 Å². The van der Waals surface area contributed by atoms with E-state index in [1.165, 1.54) is 10.9 Å². The zero-order chi connectivity index (χ0) is 18.5. The molecule has 12 heteroatoms. The van der Waals surface area contributed by atoms with Crippen molar-refractivity contribution in [3.8, 4) is 0 Å². The summed E-state index contributed by atoms with van der Waals surface area (Å²) in [7, 11) is 0. The van der Waals surface area contributed by atoms with Gasteiger partial charge in [0.05, 0.1) is 18.4 Å². The van der Waals surface area contributed by atoms with Crippen molar-refractivity contribution in [2.24, 2.45) is 0 Å². The number of hydrogen-bond acceptors (Lipinski definition) is 7. The number of imidazole rings is 1. The highest BCUT2D eigenvalue weighted by Crippen LogP contribution is 2.36. The van der Waals surface area contributed by atoms with Crippen molar-refractivity contribution in [2.45, 2.75) is 37.6 Å². The van der Waals surface area contributed by atoms with Gasteiger partial charge in [0.15, 0.2) is 14.6 Å². The third-order valence-corrected chi connectivity index (χ3v) is 4.95. The molecule has 1 aliphatic rings. The van der Waals surface area contributed by atoms with Crippen LogP contribution in [0.1, 0.15) is 19.4 Å². The van der Waals surface area contributed by atoms with Crippen LogP contribution in [-0.2, 0) is 4.79 Å². The van der Waals surface area contributed by atoms with Crippen molar-refractivity contribution in [1.29, 1.82) is 0 Å². The fourth-order valence-corrected chi connectivity index (χ4v) is 3.95. The monoisotopic (exact) mass is 481 g/mol. The molecule has 2 amide bonds. The summed E-state index contributed by atoms with van der Waals surface area (Å²) >= 11 is 7.92. The van der Waals surface area contributed by atoms with Crippen LogP contribution in [0.3, 0.4) is 0 Å². The molecule has 0 spiro atoms. The first-order valence-electron chi connectivity index (χ1n) is 7.16. The van der Waals surface area contributed by atoms with Gasteiger partial charge in [-0.15, -0.1) is 0 Å². The van der Waals surface area contributed by atoms with Crippen molar-refractivity contribution in [1.82, 2.24) is 24.4 Å². The Morgan fingerprint density at radius 1 is 1.36 bits per heavy atom. The van der Waals surface area contributed by atoms with Gasteiger partial charge < -0.3 is 19.9 Å². The predicted molar refractivity (Wildman–Crippen MR) is 93.1 cm³/mol. The predicted octanol–water partition coefficient (Wildman–Crippen LogP) is 0.646. The second kappa shape index (κ2) is 6.63. The van der Waals surface area contributed by atoms with E-state index in [2.05, 4.69) is 15.0 Å². The molecule has 10 nitrogen and oxygen atoms in total. The van der Waals surface area contributed by atoms with Crippen LogP contribution in [0, 0.1) is 3.83 Å². The number of amides is 2. The number of carbonyl (C=O) groups is 2. The zero-order valence-electron chi connectivity index (χ0n) is 12.7. The maximum atomic E-state index is 11.6. The molecule has 1 fully saturated rings. The summed E-state index contributed by atoms with van der Waals surface area (Å²) in [6, 6.07) is -1.81. The zero-order valence-corrected chi connectivity index (χ0v) is 15.7. The minimum atomic E-state index is -1.49. The minimum absolute atomic E-state index is 0.0118. The summed E-state index contributed by atoms with van der Waals surface area (Å²) in [5.41, 5.74) is 0.680. The smallest absolute Gasteiger partial charge is 0.414 e. The van der Waals surface area contributed by atoms with E-state index in [0.29, 0.717) is 19.9 Å². The summed E-state index contributed by atoms with van der Waals surface area (Å²) in [4.78, 5) is 35.8. The molecule has 2 heterocycles. The van der Waals surface area contributed by atoms with Gasteiger partial charge in [-0.3, -0.25) is 4.79 Å². The van der Waals surface area contributed by atoms with Crippen molar-refractivity contribution in [3.63, 3.8) is 0 Å². The van der Waals surface area contributed by atoms with Crippen molar-refractivity contribution >= 4 is 57.4 Å². The molecule has 0 aliphatic heterocycles. The quantitative estimate of drug-likeness (QED) is 0.322. The second-order valence-corrected chi connectivity index (χ2v) is 6.95. The molecule has 0 bridgehead atoms. The van der Waals surface area contributed by atoms with Crippen LogP contribution in [-0.4, -0.2) is 70.0 Å². The third kappa shape index (κ3) is 3.05. The molecule has 0 unspecified atom stereocenters. The molecule has 134 valence electrons. The highest BCUT2D eigenvalue weighted by atomic mass is 127. The molecule has 0 saturated heterocycles. The number of halogens is 2. The Bertz CT molecular complexity index is 847. The van der Waals surface area contributed by atoms with Crippen LogP contribution >= 0.6 is 34.2 Å². The van der Waals surface area contributed by atoms with Crippen LogP contribution in [0.5, 0.6) is 0 Å². The maximum Gasteiger partial charge on any atom is 0.414 e. The van der Waals surface area contributed by atoms with Gasteiger partial charge in [0.2, 0.25) is 5.91 Å². The van der Waals surface area contributed by atoms with E-state index in [1.807, 2.05) is 22.6 Å². The van der Waals surface area contributed by atoms with Crippen molar-refractivity contribution < 1.29 is 24.9 Å². The Balaban J connectivity index is 2.02. The molecule has 3 rings (SSSR count). The number of aromatic nitrogens is 4. The van der Waals surface area contributed by atoms with Crippen LogP contribution in [0.2, 0.25) is 5.15 Å². The van der Waals surface area contributed by atoms with E-state index >= 15 is 0 Å². The Labute approximate surface area is 159 Å². The van der Waals surface area contributed by atoms with Gasteiger partial charge in [-0.25, -0.2) is 24.6 Å². The number of nitrogens with zero attached hydrogens (tertiary/aromatic N) is 5. The lowest BCUT2D eigenvalue weighted by atomic mass is 10.2. The second-order valence-electron chi connectivity index (χ2n) is 5.63. The van der Waals surface area contributed by atoms with Gasteiger partial charge >= 0.3 is 6.09 Å². The Kier molecular flexibility index (Phi) is 4.83. The molecule has 1 aliphatic carbocycles. The van der Waals surface area contributed by atoms with E-state index in [1.54, 1.807) is 0 Å². The first-order chi connectivity index (χ1) is 11.7. The highest BCUT2D eigenvalue weighted by molar-refractivity contribution is 14.1. The molecule has 2 aromatic heterocycles. The largest absolute Gasteiger partial charge is 0.465 e. The van der Waals surface area contributed by atoms with E-state index in [4.69, 9.17) is 11.6 Å². The van der Waals surface area contributed by atoms with Gasteiger partial charge in [0, 0.05) is 29.5 Å². The molecule has 3 N–H and O–H groups in total. The van der Waals surface area contributed by atoms with E-state index in [-0.39, 0.29) is 11.6 Å². The normalized spacial score (nSPS) is 26.1. The molecule has 25 heavy (non-hydrogen) atoms. The summed E-state index contributed by atoms with van der Waals surface area (Å²) in [6.45, 7) is 1.09. The van der Waals surface area contributed by atoms with Crippen LogP contribution in [0.4, 0.5) is 4.79 Å². The topological polar surface area (TPSA) is 142 Å². The summed E-state index contributed by atoms with van der Waals surface area (Å²) in [5.74, 6) is -0.736.